The number of anilines is 1. The molecule has 0 saturated carbocycles. The molecule has 0 amide bonds. The molecule has 0 spiro atoms. The summed E-state index contributed by atoms with van der Waals surface area (Å²) in [5.74, 6) is 1.27. The van der Waals surface area contributed by atoms with Gasteiger partial charge in [0.2, 0.25) is 0 Å². The molecule has 20 heavy (non-hydrogen) atoms. The summed E-state index contributed by atoms with van der Waals surface area (Å²) in [5, 5.41) is 12.1. The van der Waals surface area contributed by atoms with Gasteiger partial charge in [-0.15, -0.1) is 0 Å². The molecule has 6 heteroatoms. The summed E-state index contributed by atoms with van der Waals surface area (Å²) < 4.78 is 3.77. The Morgan fingerprint density at radius 1 is 1.25 bits per heavy atom. The molecule has 0 aromatic carbocycles. The fraction of sp³-hybridized carbons (Fsp3) is 0.357. The van der Waals surface area contributed by atoms with E-state index in [1.165, 1.54) is 0 Å². The van der Waals surface area contributed by atoms with E-state index in [0.29, 0.717) is 5.92 Å². The summed E-state index contributed by atoms with van der Waals surface area (Å²) in [6.45, 7) is 5.86. The molecule has 104 valence electrons. The summed E-state index contributed by atoms with van der Waals surface area (Å²) in [5.41, 5.74) is 2.09. The third kappa shape index (κ3) is 2.49. The van der Waals surface area contributed by atoms with Crippen molar-refractivity contribution in [3.63, 3.8) is 0 Å². The largest absolute Gasteiger partial charge is 0.366 e. The topological polar surface area (TPSA) is 60.0 Å². The summed E-state index contributed by atoms with van der Waals surface area (Å²) in [6, 6.07) is 4.01. The van der Waals surface area contributed by atoms with Crippen molar-refractivity contribution in [1.29, 1.82) is 0 Å². The standard InChI is InChI=1S/C14H18N6/c1-11(2)12-10-13-14(16-6-9-20(13)18-12)15-5-8-19-7-3-4-17-19/h3-4,6-7,9-11H,5,8H2,1-2H3,(H,15,16). The molecule has 3 heterocycles. The van der Waals surface area contributed by atoms with E-state index in [1.54, 1.807) is 12.4 Å². The predicted molar refractivity (Wildman–Crippen MR) is 77.8 cm³/mol. The minimum atomic E-state index is 0.409. The van der Waals surface area contributed by atoms with E-state index in [4.69, 9.17) is 0 Å². The van der Waals surface area contributed by atoms with E-state index < -0.39 is 0 Å². The normalized spacial score (nSPS) is 11.3. The Labute approximate surface area is 117 Å². The van der Waals surface area contributed by atoms with Crippen LogP contribution in [0.3, 0.4) is 0 Å². The van der Waals surface area contributed by atoms with Crippen molar-refractivity contribution in [3.8, 4) is 0 Å². The summed E-state index contributed by atoms with van der Waals surface area (Å²) in [6.07, 6.45) is 7.37. The zero-order chi connectivity index (χ0) is 13.9. The number of hydrogen-bond acceptors (Lipinski definition) is 4. The summed E-state index contributed by atoms with van der Waals surface area (Å²) >= 11 is 0. The molecule has 0 atom stereocenters. The second-order valence-corrected chi connectivity index (χ2v) is 5.03. The third-order valence-corrected chi connectivity index (χ3v) is 3.19. The summed E-state index contributed by atoms with van der Waals surface area (Å²) in [7, 11) is 0. The first-order chi connectivity index (χ1) is 9.74. The number of nitrogens with one attached hydrogen (secondary N) is 1. The fourth-order valence-electron chi connectivity index (χ4n) is 2.08. The van der Waals surface area contributed by atoms with Crippen LogP contribution in [-0.2, 0) is 6.54 Å². The number of hydrogen-bond donors (Lipinski definition) is 1. The Kier molecular flexibility index (Phi) is 3.37. The van der Waals surface area contributed by atoms with Crippen LogP contribution >= 0.6 is 0 Å². The van der Waals surface area contributed by atoms with Gasteiger partial charge in [0.15, 0.2) is 5.82 Å². The lowest BCUT2D eigenvalue weighted by molar-refractivity contribution is 0.637. The van der Waals surface area contributed by atoms with Gasteiger partial charge in [-0.2, -0.15) is 10.2 Å². The van der Waals surface area contributed by atoms with Crippen LogP contribution in [-0.4, -0.2) is 30.9 Å². The average Bonchev–Trinajstić information content (AvgIpc) is 3.07. The Hall–Kier alpha value is -2.37. The zero-order valence-electron chi connectivity index (χ0n) is 11.7. The summed E-state index contributed by atoms with van der Waals surface area (Å²) in [4.78, 5) is 4.40. The van der Waals surface area contributed by atoms with Gasteiger partial charge in [0, 0.05) is 31.3 Å². The lowest BCUT2D eigenvalue weighted by atomic mass is 10.1. The second-order valence-electron chi connectivity index (χ2n) is 5.03. The van der Waals surface area contributed by atoms with Crippen LogP contribution < -0.4 is 5.32 Å². The maximum atomic E-state index is 4.55. The molecule has 1 N–H and O–H groups in total. The lowest BCUT2D eigenvalue weighted by Crippen LogP contribution is -2.12. The third-order valence-electron chi connectivity index (χ3n) is 3.19. The van der Waals surface area contributed by atoms with Gasteiger partial charge in [-0.1, -0.05) is 13.8 Å². The minimum absolute atomic E-state index is 0.409. The molecule has 3 aromatic heterocycles. The van der Waals surface area contributed by atoms with Crippen molar-refractivity contribution in [2.75, 3.05) is 11.9 Å². The van der Waals surface area contributed by atoms with Crippen molar-refractivity contribution in [2.24, 2.45) is 0 Å². The molecule has 0 saturated heterocycles. The van der Waals surface area contributed by atoms with Crippen molar-refractivity contribution in [2.45, 2.75) is 26.3 Å². The van der Waals surface area contributed by atoms with Gasteiger partial charge in [-0.05, 0) is 18.1 Å². The lowest BCUT2D eigenvalue weighted by Gasteiger charge is -2.06. The van der Waals surface area contributed by atoms with Gasteiger partial charge >= 0.3 is 0 Å². The number of fused-ring (bicyclic) bond motifs is 1. The first-order valence-corrected chi connectivity index (χ1v) is 6.79. The molecule has 0 aliphatic carbocycles. The zero-order valence-corrected chi connectivity index (χ0v) is 11.7. The first kappa shape index (κ1) is 12.7. The number of nitrogens with zero attached hydrogens (tertiary/aromatic N) is 5. The van der Waals surface area contributed by atoms with Crippen LogP contribution in [0.25, 0.3) is 5.52 Å². The second kappa shape index (κ2) is 5.32. The SMILES string of the molecule is CC(C)c1cc2c(NCCn3cccn3)nccn2n1. The highest BCUT2D eigenvalue weighted by Crippen LogP contribution is 2.19. The Morgan fingerprint density at radius 2 is 2.15 bits per heavy atom. The van der Waals surface area contributed by atoms with Crippen molar-refractivity contribution in [1.82, 2.24) is 24.4 Å². The molecule has 0 aliphatic rings. The van der Waals surface area contributed by atoms with Crippen LogP contribution in [0.1, 0.15) is 25.5 Å². The van der Waals surface area contributed by atoms with E-state index >= 15 is 0 Å². The Bertz CT molecular complexity index is 683. The van der Waals surface area contributed by atoms with Gasteiger partial charge < -0.3 is 5.32 Å². The minimum Gasteiger partial charge on any atom is -0.366 e. The van der Waals surface area contributed by atoms with Crippen molar-refractivity contribution in [3.05, 3.63) is 42.6 Å². The van der Waals surface area contributed by atoms with Gasteiger partial charge in [0.05, 0.1) is 12.2 Å². The van der Waals surface area contributed by atoms with E-state index in [9.17, 15) is 0 Å². The van der Waals surface area contributed by atoms with E-state index in [1.807, 2.05) is 27.7 Å². The van der Waals surface area contributed by atoms with Gasteiger partial charge in [-0.3, -0.25) is 4.68 Å². The molecule has 0 radical (unpaired) electrons. The van der Waals surface area contributed by atoms with Crippen molar-refractivity contribution < 1.29 is 0 Å². The highest BCUT2D eigenvalue weighted by molar-refractivity contribution is 5.67. The quantitative estimate of drug-likeness (QED) is 0.772. The van der Waals surface area contributed by atoms with Crippen molar-refractivity contribution >= 4 is 11.3 Å². The molecule has 6 nitrogen and oxygen atoms in total. The molecule has 3 aromatic rings. The van der Waals surface area contributed by atoms with Crippen LogP contribution in [0.15, 0.2) is 36.9 Å². The number of aromatic nitrogens is 5. The monoisotopic (exact) mass is 270 g/mol. The average molecular weight is 270 g/mol. The Balaban J connectivity index is 1.77. The van der Waals surface area contributed by atoms with Crippen LogP contribution in [0.4, 0.5) is 5.82 Å². The Morgan fingerprint density at radius 3 is 2.90 bits per heavy atom. The molecule has 0 fully saturated rings. The van der Waals surface area contributed by atoms with Crippen LogP contribution in [0.2, 0.25) is 0 Å². The van der Waals surface area contributed by atoms with Gasteiger partial charge in [0.25, 0.3) is 0 Å². The number of rotatable bonds is 5. The highest BCUT2D eigenvalue weighted by Gasteiger charge is 2.09. The smallest absolute Gasteiger partial charge is 0.152 e. The fourth-order valence-corrected chi connectivity index (χ4v) is 2.08. The van der Waals surface area contributed by atoms with Crippen LogP contribution in [0.5, 0.6) is 0 Å². The van der Waals surface area contributed by atoms with Crippen LogP contribution in [0, 0.1) is 0 Å². The molecular weight excluding hydrogens is 252 g/mol. The molecular formula is C14H18N6. The van der Waals surface area contributed by atoms with E-state index in [-0.39, 0.29) is 0 Å². The maximum absolute atomic E-state index is 4.55. The molecule has 0 unspecified atom stereocenters. The van der Waals surface area contributed by atoms with Gasteiger partial charge in [-0.25, -0.2) is 9.50 Å². The highest BCUT2D eigenvalue weighted by atomic mass is 15.3. The molecule has 3 rings (SSSR count). The maximum Gasteiger partial charge on any atom is 0.152 e. The molecule has 0 aliphatic heterocycles. The van der Waals surface area contributed by atoms with Gasteiger partial charge in [0.1, 0.15) is 5.52 Å². The first-order valence-electron chi connectivity index (χ1n) is 6.79. The van der Waals surface area contributed by atoms with E-state index in [0.717, 1.165) is 30.1 Å². The molecule has 0 bridgehead atoms. The van der Waals surface area contributed by atoms with E-state index in [2.05, 4.69) is 40.4 Å². The predicted octanol–water partition coefficient (Wildman–Crippen LogP) is 2.16.